The number of hydrogen-bond donors (Lipinski definition) is 1. The van der Waals surface area contributed by atoms with Gasteiger partial charge in [-0.3, -0.25) is 0 Å². The van der Waals surface area contributed by atoms with Crippen LogP contribution in [0.1, 0.15) is 69.3 Å². The van der Waals surface area contributed by atoms with Crippen LogP contribution in [0, 0.1) is 0 Å². The molecule has 0 amide bonds. The molecule has 8 heteroatoms. The Bertz CT molecular complexity index is 1540. The number of thioether (sulfide) groups is 1. The van der Waals surface area contributed by atoms with Gasteiger partial charge < -0.3 is 14.8 Å². The molecule has 0 aliphatic carbocycles. The predicted octanol–water partition coefficient (Wildman–Crippen LogP) is 7.69. The van der Waals surface area contributed by atoms with Crippen LogP contribution < -0.4 is 10.1 Å². The minimum atomic E-state index is -0.494. The maximum atomic E-state index is 13.6. The fourth-order valence-electron chi connectivity index (χ4n) is 4.77. The summed E-state index contributed by atoms with van der Waals surface area (Å²) in [5.41, 5.74) is 5.54. The second-order valence-corrected chi connectivity index (χ2v) is 12.5. The fourth-order valence-corrected chi connectivity index (χ4v) is 5.46. The number of nitrogens with one attached hydrogen (secondary N) is 1. The number of fused-ring (bicyclic) bond motifs is 1. The number of hydrogen-bond acceptors (Lipinski definition) is 7. The SMILES string of the molecule is CCCSc1nc2n(n1)C(c1ccc(OCc3ccc(C(C)(C)C)cc3)cc1)C(C(=O)OCc1ccccc1)=C(C)N2. The molecule has 1 aromatic heterocycles. The fraction of sp³-hybridized carbons (Fsp3) is 0.324. The summed E-state index contributed by atoms with van der Waals surface area (Å²) >= 11 is 1.60. The van der Waals surface area contributed by atoms with Crippen LogP contribution in [0.15, 0.2) is 95.3 Å². The van der Waals surface area contributed by atoms with Crippen molar-refractivity contribution in [3.05, 3.63) is 112 Å². The molecule has 0 fully saturated rings. The third-order valence-electron chi connectivity index (χ3n) is 7.12. The summed E-state index contributed by atoms with van der Waals surface area (Å²) in [6, 6.07) is 25.6. The highest BCUT2D eigenvalue weighted by molar-refractivity contribution is 7.99. The molecule has 1 unspecified atom stereocenters. The van der Waals surface area contributed by atoms with E-state index in [1.54, 1.807) is 16.4 Å². The smallest absolute Gasteiger partial charge is 0.338 e. The van der Waals surface area contributed by atoms with E-state index in [1.807, 2.05) is 61.5 Å². The van der Waals surface area contributed by atoms with Gasteiger partial charge in [-0.05, 0) is 53.1 Å². The lowest BCUT2D eigenvalue weighted by Gasteiger charge is -2.28. The number of rotatable bonds is 10. The predicted molar refractivity (Wildman–Crippen MR) is 168 cm³/mol. The van der Waals surface area contributed by atoms with E-state index in [0.717, 1.165) is 34.6 Å². The van der Waals surface area contributed by atoms with Gasteiger partial charge in [0.25, 0.3) is 0 Å². The lowest BCUT2D eigenvalue weighted by atomic mass is 9.87. The zero-order valence-electron chi connectivity index (χ0n) is 24.9. The second-order valence-electron chi connectivity index (χ2n) is 11.4. The summed E-state index contributed by atoms with van der Waals surface area (Å²) in [6.07, 6.45) is 1.02. The van der Waals surface area contributed by atoms with E-state index in [-0.39, 0.29) is 12.0 Å². The molecule has 0 radical (unpaired) electrons. The van der Waals surface area contributed by atoms with Gasteiger partial charge in [0.05, 0.1) is 5.57 Å². The van der Waals surface area contributed by atoms with Crippen LogP contribution >= 0.6 is 11.8 Å². The van der Waals surface area contributed by atoms with Crippen molar-refractivity contribution < 1.29 is 14.3 Å². The first kappa shape index (κ1) is 29.5. The molecule has 5 rings (SSSR count). The lowest BCUT2D eigenvalue weighted by molar-refractivity contribution is -0.140. The highest BCUT2D eigenvalue weighted by Gasteiger charge is 2.35. The maximum Gasteiger partial charge on any atom is 0.338 e. The highest BCUT2D eigenvalue weighted by atomic mass is 32.2. The van der Waals surface area contributed by atoms with E-state index in [0.29, 0.717) is 29.0 Å². The number of esters is 1. The Kier molecular flexibility index (Phi) is 9.02. The Hall–Kier alpha value is -4.04. The first-order valence-corrected chi connectivity index (χ1v) is 15.3. The van der Waals surface area contributed by atoms with Crippen LogP contribution in [-0.4, -0.2) is 26.5 Å². The van der Waals surface area contributed by atoms with Gasteiger partial charge in [0.15, 0.2) is 0 Å². The van der Waals surface area contributed by atoms with E-state index in [2.05, 4.69) is 57.3 Å². The normalized spacial score (nSPS) is 14.7. The largest absolute Gasteiger partial charge is 0.489 e. The van der Waals surface area contributed by atoms with Gasteiger partial charge in [-0.2, -0.15) is 4.98 Å². The monoisotopic (exact) mass is 582 g/mol. The molecule has 3 aromatic carbocycles. The highest BCUT2D eigenvalue weighted by Crippen LogP contribution is 2.37. The van der Waals surface area contributed by atoms with Crippen LogP contribution in [0.25, 0.3) is 0 Å². The number of allylic oxidation sites excluding steroid dienone is 1. The summed E-state index contributed by atoms with van der Waals surface area (Å²) in [5.74, 6) is 1.88. The molecule has 0 saturated heterocycles. The van der Waals surface area contributed by atoms with E-state index in [1.165, 1.54) is 5.56 Å². The maximum absolute atomic E-state index is 13.6. The zero-order valence-corrected chi connectivity index (χ0v) is 25.7. The number of carbonyl (C=O) groups is 1. The average molecular weight is 583 g/mol. The molecule has 1 N–H and O–H groups in total. The van der Waals surface area contributed by atoms with Crippen molar-refractivity contribution in [2.24, 2.45) is 0 Å². The molecule has 7 nitrogen and oxygen atoms in total. The van der Waals surface area contributed by atoms with Crippen molar-refractivity contribution in [2.45, 2.75) is 70.9 Å². The Labute approximate surface area is 252 Å². The Balaban J connectivity index is 1.37. The summed E-state index contributed by atoms with van der Waals surface area (Å²) in [4.78, 5) is 18.3. The quantitative estimate of drug-likeness (QED) is 0.152. The van der Waals surface area contributed by atoms with Crippen molar-refractivity contribution in [1.82, 2.24) is 14.8 Å². The molecular weight excluding hydrogens is 544 g/mol. The van der Waals surface area contributed by atoms with Crippen LogP contribution in [0.2, 0.25) is 0 Å². The molecule has 1 aliphatic rings. The number of aromatic nitrogens is 3. The minimum Gasteiger partial charge on any atom is -0.489 e. The number of benzene rings is 3. The molecule has 1 atom stereocenters. The Morgan fingerprint density at radius 3 is 2.31 bits per heavy atom. The van der Waals surface area contributed by atoms with Gasteiger partial charge in [0, 0.05) is 11.4 Å². The van der Waals surface area contributed by atoms with Crippen molar-refractivity contribution in [3.63, 3.8) is 0 Å². The minimum absolute atomic E-state index is 0.114. The van der Waals surface area contributed by atoms with Gasteiger partial charge in [-0.1, -0.05) is 106 Å². The average Bonchev–Trinajstić information content (AvgIpc) is 3.40. The zero-order chi connectivity index (χ0) is 29.7. The van der Waals surface area contributed by atoms with Crippen molar-refractivity contribution in [3.8, 4) is 5.75 Å². The second kappa shape index (κ2) is 12.9. The van der Waals surface area contributed by atoms with Gasteiger partial charge in [-0.15, -0.1) is 5.10 Å². The van der Waals surface area contributed by atoms with E-state index >= 15 is 0 Å². The number of anilines is 1. The van der Waals surface area contributed by atoms with Crippen LogP contribution in [-0.2, 0) is 28.2 Å². The van der Waals surface area contributed by atoms with Crippen molar-refractivity contribution >= 4 is 23.7 Å². The van der Waals surface area contributed by atoms with Crippen molar-refractivity contribution in [1.29, 1.82) is 0 Å². The number of ether oxygens (including phenoxy) is 2. The topological polar surface area (TPSA) is 78.3 Å². The molecule has 2 heterocycles. The van der Waals surface area contributed by atoms with E-state index in [4.69, 9.17) is 19.6 Å². The molecular formula is C34H38N4O3S. The van der Waals surface area contributed by atoms with E-state index in [9.17, 15) is 4.79 Å². The third-order valence-corrected chi connectivity index (χ3v) is 8.17. The van der Waals surface area contributed by atoms with E-state index < -0.39 is 12.0 Å². The molecule has 218 valence electrons. The van der Waals surface area contributed by atoms with Gasteiger partial charge in [-0.25, -0.2) is 9.48 Å². The Morgan fingerprint density at radius 1 is 0.952 bits per heavy atom. The lowest BCUT2D eigenvalue weighted by Crippen LogP contribution is -2.29. The Morgan fingerprint density at radius 2 is 1.64 bits per heavy atom. The van der Waals surface area contributed by atoms with Crippen molar-refractivity contribution in [2.75, 3.05) is 11.1 Å². The van der Waals surface area contributed by atoms with Crippen LogP contribution in [0.3, 0.4) is 0 Å². The summed E-state index contributed by atoms with van der Waals surface area (Å²) in [5, 5.41) is 8.74. The standard InChI is InChI=1S/C34H38N4O3S/c1-6-20-42-33-36-32-35-23(2)29(31(39)41-22-24-10-8-7-9-11-24)30(38(32)37-33)26-14-18-28(19-15-26)40-21-25-12-16-27(17-13-25)34(3,4)5/h7-19,30H,6,20-22H2,1-5H3,(H,35,36,37). The summed E-state index contributed by atoms with van der Waals surface area (Å²) in [6.45, 7) is 11.3. The molecule has 0 saturated carbocycles. The van der Waals surface area contributed by atoms with Crippen LogP contribution in [0.4, 0.5) is 5.95 Å². The van der Waals surface area contributed by atoms with Crippen LogP contribution in [0.5, 0.6) is 5.75 Å². The molecule has 42 heavy (non-hydrogen) atoms. The first-order valence-electron chi connectivity index (χ1n) is 14.3. The number of carbonyl (C=O) groups excluding carboxylic acids is 1. The van der Waals surface area contributed by atoms with Gasteiger partial charge in [0.1, 0.15) is 25.0 Å². The number of nitrogens with zero attached hydrogens (tertiary/aromatic N) is 3. The molecule has 0 spiro atoms. The first-order chi connectivity index (χ1) is 20.2. The summed E-state index contributed by atoms with van der Waals surface area (Å²) < 4.78 is 13.7. The van der Waals surface area contributed by atoms with Gasteiger partial charge in [0.2, 0.25) is 11.1 Å². The molecule has 4 aromatic rings. The molecule has 1 aliphatic heterocycles. The third kappa shape index (κ3) is 6.87. The summed E-state index contributed by atoms with van der Waals surface area (Å²) in [7, 11) is 0. The van der Waals surface area contributed by atoms with Gasteiger partial charge >= 0.3 is 5.97 Å². The molecule has 0 bridgehead atoms.